The van der Waals surface area contributed by atoms with Crippen molar-refractivity contribution in [3.63, 3.8) is 0 Å². The third kappa shape index (κ3) is 8.01. The SMILES string of the molecule is CCCCOP(=O)(CCCC)OC(C)C. The average Bonchev–Trinajstić information content (AvgIpc) is 2.14. The van der Waals surface area contributed by atoms with Crippen molar-refractivity contribution in [2.75, 3.05) is 12.8 Å². The maximum Gasteiger partial charge on any atom is 0.330 e. The molecule has 15 heavy (non-hydrogen) atoms. The van der Waals surface area contributed by atoms with E-state index in [1.807, 2.05) is 13.8 Å². The molecule has 0 aliphatic rings. The van der Waals surface area contributed by atoms with Crippen LogP contribution in [-0.2, 0) is 13.6 Å². The van der Waals surface area contributed by atoms with Crippen LogP contribution in [-0.4, -0.2) is 18.9 Å². The van der Waals surface area contributed by atoms with E-state index in [1.54, 1.807) is 0 Å². The lowest BCUT2D eigenvalue weighted by molar-refractivity contribution is 0.166. The average molecular weight is 236 g/mol. The van der Waals surface area contributed by atoms with Crippen LogP contribution in [0.25, 0.3) is 0 Å². The van der Waals surface area contributed by atoms with Crippen LogP contribution in [0.1, 0.15) is 53.4 Å². The van der Waals surface area contributed by atoms with Gasteiger partial charge >= 0.3 is 7.60 Å². The van der Waals surface area contributed by atoms with E-state index in [4.69, 9.17) is 9.05 Å². The minimum absolute atomic E-state index is 0.0330. The summed E-state index contributed by atoms with van der Waals surface area (Å²) in [5, 5.41) is 0. The Morgan fingerprint density at radius 2 is 1.73 bits per heavy atom. The largest absolute Gasteiger partial charge is 0.330 e. The molecule has 1 unspecified atom stereocenters. The van der Waals surface area contributed by atoms with E-state index >= 15 is 0 Å². The van der Waals surface area contributed by atoms with Gasteiger partial charge in [0.25, 0.3) is 0 Å². The highest BCUT2D eigenvalue weighted by atomic mass is 31.2. The van der Waals surface area contributed by atoms with E-state index in [0.29, 0.717) is 12.8 Å². The molecule has 0 bridgehead atoms. The number of hydrogen-bond donors (Lipinski definition) is 0. The van der Waals surface area contributed by atoms with Gasteiger partial charge in [0.05, 0.1) is 18.9 Å². The summed E-state index contributed by atoms with van der Waals surface area (Å²) in [5.41, 5.74) is 0. The smallest absolute Gasteiger partial charge is 0.309 e. The molecule has 0 heterocycles. The summed E-state index contributed by atoms with van der Waals surface area (Å²) < 4.78 is 23.0. The molecule has 0 fully saturated rings. The standard InChI is InChI=1S/C11H25O3P/c1-5-7-9-13-15(12,10-8-6-2)14-11(3)4/h11H,5-10H2,1-4H3. The lowest BCUT2D eigenvalue weighted by Gasteiger charge is -2.20. The Labute approximate surface area is 94.1 Å². The second-order valence-corrected chi connectivity index (χ2v) is 6.17. The Bertz CT molecular complexity index is 192. The van der Waals surface area contributed by atoms with E-state index in [-0.39, 0.29) is 6.10 Å². The molecule has 3 nitrogen and oxygen atoms in total. The molecular weight excluding hydrogens is 211 g/mol. The Morgan fingerprint density at radius 3 is 2.20 bits per heavy atom. The number of rotatable bonds is 9. The van der Waals surface area contributed by atoms with Gasteiger partial charge < -0.3 is 9.05 Å². The molecule has 4 heteroatoms. The van der Waals surface area contributed by atoms with Gasteiger partial charge in [0.15, 0.2) is 0 Å². The zero-order valence-electron chi connectivity index (χ0n) is 10.5. The third-order valence-corrected chi connectivity index (χ3v) is 4.13. The van der Waals surface area contributed by atoms with Crippen LogP contribution in [0.5, 0.6) is 0 Å². The second kappa shape index (κ2) is 8.32. The van der Waals surface area contributed by atoms with Gasteiger partial charge in [-0.25, -0.2) is 0 Å². The van der Waals surface area contributed by atoms with Crippen LogP contribution >= 0.6 is 7.60 Å². The Kier molecular flexibility index (Phi) is 8.40. The normalized spacial score (nSPS) is 15.5. The zero-order valence-corrected chi connectivity index (χ0v) is 11.4. The molecule has 0 aromatic rings. The van der Waals surface area contributed by atoms with Gasteiger partial charge in [-0.1, -0.05) is 26.7 Å². The van der Waals surface area contributed by atoms with Crippen LogP contribution in [0.3, 0.4) is 0 Å². The summed E-state index contributed by atoms with van der Waals surface area (Å²) >= 11 is 0. The first kappa shape index (κ1) is 15.2. The summed E-state index contributed by atoms with van der Waals surface area (Å²) in [6, 6.07) is 0. The Morgan fingerprint density at radius 1 is 1.13 bits per heavy atom. The second-order valence-electron chi connectivity index (χ2n) is 4.03. The lowest BCUT2D eigenvalue weighted by atomic mass is 10.4. The zero-order chi connectivity index (χ0) is 11.7. The third-order valence-electron chi connectivity index (χ3n) is 1.94. The molecule has 92 valence electrons. The molecular formula is C11H25O3P. The highest BCUT2D eigenvalue weighted by Gasteiger charge is 2.24. The molecule has 0 amide bonds. The van der Waals surface area contributed by atoms with Crippen molar-refractivity contribution in [2.24, 2.45) is 0 Å². The quantitative estimate of drug-likeness (QED) is 0.444. The molecule has 0 aliphatic heterocycles. The molecule has 0 spiro atoms. The molecule has 0 N–H and O–H groups in total. The van der Waals surface area contributed by atoms with Gasteiger partial charge in [-0.15, -0.1) is 0 Å². The van der Waals surface area contributed by atoms with Crippen molar-refractivity contribution < 1.29 is 13.6 Å². The highest BCUT2D eigenvalue weighted by molar-refractivity contribution is 7.53. The molecule has 0 radical (unpaired) electrons. The highest BCUT2D eigenvalue weighted by Crippen LogP contribution is 2.50. The van der Waals surface area contributed by atoms with Gasteiger partial charge in [0.1, 0.15) is 0 Å². The molecule has 0 aliphatic carbocycles. The van der Waals surface area contributed by atoms with Crippen LogP contribution in [0, 0.1) is 0 Å². The van der Waals surface area contributed by atoms with Crippen LogP contribution in [0.15, 0.2) is 0 Å². The molecule has 1 atom stereocenters. The van der Waals surface area contributed by atoms with E-state index in [9.17, 15) is 4.57 Å². The Balaban J connectivity index is 4.08. The van der Waals surface area contributed by atoms with E-state index < -0.39 is 7.60 Å². The van der Waals surface area contributed by atoms with Crippen molar-refractivity contribution in [1.82, 2.24) is 0 Å². The Hall–Kier alpha value is 0.150. The van der Waals surface area contributed by atoms with Crippen LogP contribution in [0.4, 0.5) is 0 Å². The number of hydrogen-bond acceptors (Lipinski definition) is 3. The fraction of sp³-hybridized carbons (Fsp3) is 1.00. The molecule has 0 rings (SSSR count). The van der Waals surface area contributed by atoms with Crippen molar-refractivity contribution in [2.45, 2.75) is 59.5 Å². The van der Waals surface area contributed by atoms with Gasteiger partial charge in [-0.05, 0) is 26.7 Å². The lowest BCUT2D eigenvalue weighted by Crippen LogP contribution is -2.07. The topological polar surface area (TPSA) is 35.5 Å². The maximum atomic E-state index is 12.2. The van der Waals surface area contributed by atoms with Crippen LogP contribution < -0.4 is 0 Å². The first-order valence-electron chi connectivity index (χ1n) is 5.96. The maximum absolute atomic E-state index is 12.2. The van der Waals surface area contributed by atoms with E-state index in [0.717, 1.165) is 25.7 Å². The molecule has 0 aromatic carbocycles. The van der Waals surface area contributed by atoms with Crippen molar-refractivity contribution in [3.8, 4) is 0 Å². The van der Waals surface area contributed by atoms with Crippen LogP contribution in [0.2, 0.25) is 0 Å². The molecule has 0 saturated carbocycles. The van der Waals surface area contributed by atoms with Crippen molar-refractivity contribution >= 4 is 7.60 Å². The predicted octanol–water partition coefficient (Wildman–Crippen LogP) is 4.22. The molecule has 0 saturated heterocycles. The summed E-state index contributed by atoms with van der Waals surface area (Å²) in [6.45, 7) is 8.49. The number of unbranched alkanes of at least 4 members (excludes halogenated alkanes) is 2. The summed E-state index contributed by atoms with van der Waals surface area (Å²) in [7, 11) is -2.82. The van der Waals surface area contributed by atoms with Gasteiger partial charge in [-0.2, -0.15) is 0 Å². The fourth-order valence-electron chi connectivity index (χ4n) is 1.17. The first-order valence-corrected chi connectivity index (χ1v) is 7.69. The minimum Gasteiger partial charge on any atom is -0.309 e. The van der Waals surface area contributed by atoms with E-state index in [2.05, 4.69) is 13.8 Å². The first-order chi connectivity index (χ1) is 7.04. The van der Waals surface area contributed by atoms with Gasteiger partial charge in [-0.3, -0.25) is 4.57 Å². The van der Waals surface area contributed by atoms with Crippen molar-refractivity contribution in [3.05, 3.63) is 0 Å². The summed E-state index contributed by atoms with van der Waals surface area (Å²) in [5.74, 6) is 0. The fourth-order valence-corrected chi connectivity index (χ4v) is 3.22. The minimum atomic E-state index is -2.82. The summed E-state index contributed by atoms with van der Waals surface area (Å²) in [4.78, 5) is 0. The monoisotopic (exact) mass is 236 g/mol. The summed E-state index contributed by atoms with van der Waals surface area (Å²) in [6.07, 6.45) is 4.42. The molecule has 0 aromatic heterocycles. The van der Waals surface area contributed by atoms with Gasteiger partial charge in [0, 0.05) is 0 Å². The predicted molar refractivity (Wildman–Crippen MR) is 64.5 cm³/mol. The van der Waals surface area contributed by atoms with E-state index in [1.165, 1.54) is 0 Å². The van der Waals surface area contributed by atoms with Gasteiger partial charge in [0.2, 0.25) is 0 Å². The van der Waals surface area contributed by atoms with Crippen molar-refractivity contribution in [1.29, 1.82) is 0 Å².